The van der Waals surface area contributed by atoms with Crippen LogP contribution in [0.3, 0.4) is 0 Å². The van der Waals surface area contributed by atoms with Gasteiger partial charge in [-0.15, -0.1) is 0 Å². The third-order valence-corrected chi connectivity index (χ3v) is 8.46. The molecule has 0 bridgehead atoms. The predicted octanol–water partition coefficient (Wildman–Crippen LogP) is 5.59. The zero-order valence-electron chi connectivity index (χ0n) is 21.8. The fourth-order valence-electron chi connectivity index (χ4n) is 3.92. The lowest BCUT2D eigenvalue weighted by atomic mass is 10.0. The third-order valence-electron chi connectivity index (χ3n) is 5.90. The van der Waals surface area contributed by atoms with Gasteiger partial charge in [-0.1, -0.05) is 50.1 Å². The quantitative estimate of drug-likeness (QED) is 0.502. The highest BCUT2D eigenvalue weighted by Gasteiger charge is 2.30. The van der Waals surface area contributed by atoms with Gasteiger partial charge in [-0.05, 0) is 50.5 Å². The lowest BCUT2D eigenvalue weighted by Crippen LogP contribution is -2.50. The summed E-state index contributed by atoms with van der Waals surface area (Å²) in [5, 5.41) is 0.266. The Kier molecular flexibility index (Phi) is 9.82. The number of hydrogen-bond acceptors (Lipinski definition) is 6. The van der Waals surface area contributed by atoms with E-state index in [4.69, 9.17) is 21.6 Å². The van der Waals surface area contributed by atoms with Gasteiger partial charge in [0.05, 0.1) is 22.8 Å². The molecule has 194 valence electrons. The van der Waals surface area contributed by atoms with Crippen LogP contribution in [-0.4, -0.2) is 59.1 Å². The van der Waals surface area contributed by atoms with Crippen molar-refractivity contribution >= 4 is 33.0 Å². The fourth-order valence-corrected chi connectivity index (χ4v) is 5.34. The highest BCUT2D eigenvalue weighted by Crippen LogP contribution is 2.32. The van der Waals surface area contributed by atoms with E-state index in [9.17, 15) is 8.42 Å². The first-order valence-electron chi connectivity index (χ1n) is 12.4. The second kappa shape index (κ2) is 12.6. The van der Waals surface area contributed by atoms with E-state index in [0.29, 0.717) is 37.6 Å². The molecule has 9 heteroatoms. The van der Waals surface area contributed by atoms with Crippen molar-refractivity contribution in [2.45, 2.75) is 52.7 Å². The molecule has 36 heavy (non-hydrogen) atoms. The number of pyridine rings is 1. The molecular weight excluding hydrogens is 494 g/mol. The molecule has 0 atom stereocenters. The summed E-state index contributed by atoms with van der Waals surface area (Å²) in [7, 11) is -3.26. The van der Waals surface area contributed by atoms with E-state index < -0.39 is 15.3 Å². The molecule has 0 saturated carbocycles. The van der Waals surface area contributed by atoms with Crippen LogP contribution < -0.4 is 4.90 Å². The first-order valence-corrected chi connectivity index (χ1v) is 14.3. The molecule has 0 radical (unpaired) electrons. The summed E-state index contributed by atoms with van der Waals surface area (Å²) in [5.74, 6) is 0.736. The van der Waals surface area contributed by atoms with Crippen molar-refractivity contribution in [2.24, 2.45) is 0 Å². The second-order valence-corrected chi connectivity index (χ2v) is 12.0. The monoisotopic (exact) mass is 529 g/mol. The number of nitrogens with zero attached hydrogens (tertiary/aromatic N) is 5. The van der Waals surface area contributed by atoms with Crippen LogP contribution in [0.1, 0.15) is 51.8 Å². The van der Waals surface area contributed by atoms with Gasteiger partial charge in [0.15, 0.2) is 0 Å². The van der Waals surface area contributed by atoms with Crippen molar-refractivity contribution in [3.63, 3.8) is 0 Å². The summed E-state index contributed by atoms with van der Waals surface area (Å²) >= 11 is 6.22. The van der Waals surface area contributed by atoms with Crippen LogP contribution in [0.4, 0.5) is 5.82 Å². The number of rotatable bonds is 5. The molecule has 1 saturated heterocycles. The molecule has 2 aromatic heterocycles. The van der Waals surface area contributed by atoms with Crippen LogP contribution in [0.2, 0.25) is 0 Å². The van der Waals surface area contributed by atoms with Gasteiger partial charge < -0.3 is 4.90 Å². The van der Waals surface area contributed by atoms with Gasteiger partial charge in [0.2, 0.25) is 10.0 Å². The van der Waals surface area contributed by atoms with E-state index in [-0.39, 0.29) is 0 Å². The number of halogens is 1. The molecule has 4 rings (SSSR count). The van der Waals surface area contributed by atoms with Gasteiger partial charge in [-0.2, -0.15) is 4.31 Å². The molecule has 0 aromatic carbocycles. The van der Waals surface area contributed by atoms with E-state index in [1.807, 2.05) is 37.4 Å². The van der Waals surface area contributed by atoms with Gasteiger partial charge >= 0.3 is 0 Å². The minimum absolute atomic E-state index is 0.423. The molecule has 1 fully saturated rings. The highest BCUT2D eigenvalue weighted by molar-refractivity contribution is 7.89. The summed E-state index contributed by atoms with van der Waals surface area (Å²) < 4.78 is 26.6. The Labute approximate surface area is 220 Å². The summed E-state index contributed by atoms with van der Waals surface area (Å²) in [6, 6.07) is 1.95. The minimum Gasteiger partial charge on any atom is -0.353 e. The van der Waals surface area contributed by atoms with Gasteiger partial charge in [0.1, 0.15) is 5.82 Å². The Morgan fingerprint density at radius 3 is 2.36 bits per heavy atom. The van der Waals surface area contributed by atoms with Crippen LogP contribution in [0.15, 0.2) is 54.0 Å². The van der Waals surface area contributed by atoms with Gasteiger partial charge in [-0.25, -0.2) is 13.4 Å². The van der Waals surface area contributed by atoms with Crippen LogP contribution in [0.25, 0.3) is 16.8 Å². The number of sulfonamides is 1. The van der Waals surface area contributed by atoms with E-state index >= 15 is 0 Å². The number of piperazine rings is 1. The maximum absolute atomic E-state index is 12.5. The first kappa shape index (κ1) is 28.0. The SMILES string of the molecule is CCC.Cc1cnccc1-c1ncc(N2CCN(S(=O)(=O)C(C)C)CC2)nc1C1=CCC=C(Cl)C=C1. The number of allylic oxidation sites excluding steroid dienone is 6. The Balaban J connectivity index is 0.00000115. The Morgan fingerprint density at radius 2 is 1.72 bits per heavy atom. The van der Waals surface area contributed by atoms with Crippen molar-refractivity contribution in [1.29, 1.82) is 0 Å². The Morgan fingerprint density at radius 1 is 1.03 bits per heavy atom. The highest BCUT2D eigenvalue weighted by atomic mass is 35.5. The van der Waals surface area contributed by atoms with E-state index in [1.165, 1.54) is 6.42 Å². The molecule has 3 heterocycles. The van der Waals surface area contributed by atoms with Crippen molar-refractivity contribution in [3.8, 4) is 11.3 Å². The smallest absolute Gasteiger partial charge is 0.216 e. The molecule has 0 spiro atoms. The molecule has 2 aromatic rings. The van der Waals surface area contributed by atoms with Crippen molar-refractivity contribution in [1.82, 2.24) is 19.3 Å². The lowest BCUT2D eigenvalue weighted by molar-refractivity contribution is 0.380. The van der Waals surface area contributed by atoms with Crippen LogP contribution in [0.5, 0.6) is 0 Å². The Bertz CT molecular complexity index is 1250. The first-order chi connectivity index (χ1) is 17.2. The molecule has 0 N–H and O–H groups in total. The molecule has 1 aliphatic carbocycles. The van der Waals surface area contributed by atoms with Gasteiger partial charge in [0.25, 0.3) is 0 Å². The van der Waals surface area contributed by atoms with E-state index in [1.54, 1.807) is 30.5 Å². The van der Waals surface area contributed by atoms with E-state index in [2.05, 4.69) is 29.8 Å². The standard InChI is InChI=1S/C24H28ClN5O2S.C3H8/c1-17(2)33(31,32)30-13-11-29(12-14-30)22-16-27-24(21-9-10-26-15-18(21)3)23(28-22)19-5-4-6-20(25)8-7-19;1-3-2/h5-10,15-17H,4,11-14H2,1-3H3;3H2,1-2H3. The fraction of sp³-hybridized carbons (Fsp3) is 0.444. The van der Waals surface area contributed by atoms with Gasteiger partial charge in [-0.3, -0.25) is 9.97 Å². The molecular formula is C27H36ClN5O2S. The maximum atomic E-state index is 12.5. The van der Waals surface area contributed by atoms with Gasteiger partial charge in [0, 0.05) is 49.2 Å². The minimum atomic E-state index is -3.26. The summed E-state index contributed by atoms with van der Waals surface area (Å²) in [5.41, 5.74) is 4.50. The second-order valence-electron chi connectivity index (χ2n) is 9.12. The molecule has 7 nitrogen and oxygen atoms in total. The molecule has 0 unspecified atom stereocenters. The summed E-state index contributed by atoms with van der Waals surface area (Å²) in [4.78, 5) is 16.1. The average molecular weight is 530 g/mol. The maximum Gasteiger partial charge on any atom is 0.216 e. The topological polar surface area (TPSA) is 79.3 Å². The normalized spacial score (nSPS) is 16.7. The van der Waals surface area contributed by atoms with Crippen molar-refractivity contribution in [2.75, 3.05) is 31.1 Å². The van der Waals surface area contributed by atoms with Crippen LogP contribution >= 0.6 is 11.6 Å². The average Bonchev–Trinajstić information content (AvgIpc) is 3.09. The summed E-state index contributed by atoms with van der Waals surface area (Å²) in [6.07, 6.45) is 15.2. The predicted molar refractivity (Wildman–Crippen MR) is 149 cm³/mol. The number of anilines is 1. The van der Waals surface area contributed by atoms with Crippen molar-refractivity contribution < 1.29 is 8.42 Å². The molecule has 0 amide bonds. The molecule has 1 aliphatic heterocycles. The van der Waals surface area contributed by atoms with Crippen LogP contribution in [-0.2, 0) is 10.0 Å². The largest absolute Gasteiger partial charge is 0.353 e. The zero-order valence-corrected chi connectivity index (χ0v) is 23.3. The third kappa shape index (κ3) is 6.60. The zero-order chi connectivity index (χ0) is 26.3. The number of aryl methyl sites for hydroxylation is 1. The van der Waals surface area contributed by atoms with Crippen LogP contribution in [0, 0.1) is 6.92 Å². The molecule has 2 aliphatic rings. The summed E-state index contributed by atoms with van der Waals surface area (Å²) in [6.45, 7) is 11.7. The van der Waals surface area contributed by atoms with Crippen molar-refractivity contribution in [3.05, 3.63) is 65.3 Å². The van der Waals surface area contributed by atoms with E-state index in [0.717, 1.165) is 33.9 Å². The Hall–Kier alpha value is -2.55. The lowest BCUT2D eigenvalue weighted by Gasteiger charge is -2.35. The number of aromatic nitrogens is 3. The number of hydrogen-bond donors (Lipinski definition) is 0.